The molecule has 2 aromatic rings. The van der Waals surface area contributed by atoms with Crippen molar-refractivity contribution in [2.45, 2.75) is 33.5 Å². The van der Waals surface area contributed by atoms with Gasteiger partial charge < -0.3 is 48.1 Å². The predicted octanol–water partition coefficient (Wildman–Crippen LogP) is 6.57. The molecule has 2 saturated heterocycles. The first kappa shape index (κ1) is 44.4. The van der Waals surface area contributed by atoms with Crippen LogP contribution in [-0.2, 0) is 18.9 Å². The van der Waals surface area contributed by atoms with Crippen molar-refractivity contribution in [2.24, 2.45) is 0 Å². The number of nitrogens with zero attached hydrogens (tertiary/aromatic N) is 1. The Kier molecular flexibility index (Phi) is 25.9. The third kappa shape index (κ3) is 18.5. The predicted molar refractivity (Wildman–Crippen MR) is 184 cm³/mol. The summed E-state index contributed by atoms with van der Waals surface area (Å²) in [7, 11) is 0. The lowest BCUT2D eigenvalue weighted by Crippen LogP contribution is -2.47. The second-order valence-electron chi connectivity index (χ2n) is 9.03. The Morgan fingerprint density at radius 2 is 1.30 bits per heavy atom. The number of benzene rings is 2. The van der Waals surface area contributed by atoms with E-state index in [2.05, 4.69) is 21.7 Å². The van der Waals surface area contributed by atoms with E-state index < -0.39 is 11.5 Å². The highest BCUT2D eigenvalue weighted by atomic mass is 35.5. The number of hydrogen-bond acceptors (Lipinski definition) is 11. The SMILES string of the molecule is C.CCOc1ccccc1OCC1CN(C(=O)OCCl)CCO1.CCOc1ccccc1OCC1CNCCO1.Cl.O=C(Cl)OCCl. The van der Waals surface area contributed by atoms with E-state index in [1.54, 1.807) is 4.90 Å². The van der Waals surface area contributed by atoms with E-state index in [4.69, 9.17) is 56.4 Å². The van der Waals surface area contributed by atoms with Gasteiger partial charge in [-0.15, -0.1) is 12.4 Å². The van der Waals surface area contributed by atoms with Gasteiger partial charge in [0.15, 0.2) is 35.1 Å². The van der Waals surface area contributed by atoms with E-state index in [1.807, 2.05) is 62.4 Å². The summed E-state index contributed by atoms with van der Waals surface area (Å²) in [6.07, 6.45) is -0.525. The molecule has 1 amide bonds. The highest BCUT2D eigenvalue weighted by Gasteiger charge is 2.26. The van der Waals surface area contributed by atoms with Crippen LogP contribution in [0.15, 0.2) is 48.5 Å². The Balaban J connectivity index is 0.000000755. The number of rotatable bonds is 12. The number of carbonyl (C=O) groups is 2. The van der Waals surface area contributed by atoms with Gasteiger partial charge in [-0.05, 0) is 38.1 Å². The molecule has 0 saturated carbocycles. The topological polar surface area (TPSA) is 123 Å². The number of alkyl halides is 2. The van der Waals surface area contributed by atoms with Crippen LogP contribution >= 0.6 is 47.2 Å². The van der Waals surface area contributed by atoms with Crippen LogP contribution in [0.4, 0.5) is 9.59 Å². The molecule has 2 aromatic carbocycles. The molecule has 4 rings (SSSR count). The standard InChI is InChI=1S/C15H20ClNO5.C13H19NO3.C2H2Cl2O2.CH4.ClH/c1-2-19-13-5-3-4-6-14(13)21-10-12-9-17(7-8-20-12)15(18)22-11-16;1-2-15-12-5-3-4-6-13(12)17-10-11-9-14-7-8-16-11;3-1-6-2(4)5;;/h3-6,12H,2,7-11H2,1H3;3-6,11,14H,2,7-10H2,1H3;1H2;1H4;1H. The summed E-state index contributed by atoms with van der Waals surface area (Å²) in [5.41, 5.74) is -0.870. The lowest BCUT2D eigenvalue weighted by Gasteiger charge is -2.31. The smallest absolute Gasteiger partial charge is 0.411 e. The zero-order valence-corrected chi connectivity index (χ0v) is 28.9. The molecule has 2 heterocycles. The Morgan fingerprint density at radius 3 is 1.72 bits per heavy atom. The molecule has 2 unspecified atom stereocenters. The summed E-state index contributed by atoms with van der Waals surface area (Å²) in [6, 6.07) is 14.8. The third-order valence-electron chi connectivity index (χ3n) is 5.89. The van der Waals surface area contributed by atoms with E-state index in [9.17, 15) is 9.59 Å². The van der Waals surface area contributed by atoms with Crippen LogP contribution in [0.1, 0.15) is 21.3 Å². The van der Waals surface area contributed by atoms with Gasteiger partial charge >= 0.3 is 11.5 Å². The molecular weight excluding hydrogens is 702 g/mol. The largest absolute Gasteiger partial charge is 0.490 e. The molecule has 0 spiro atoms. The highest BCUT2D eigenvalue weighted by Crippen LogP contribution is 2.27. The van der Waals surface area contributed by atoms with Gasteiger partial charge in [-0.2, -0.15) is 0 Å². The third-order valence-corrected chi connectivity index (χ3v) is 6.22. The van der Waals surface area contributed by atoms with Gasteiger partial charge in [-0.25, -0.2) is 9.59 Å². The van der Waals surface area contributed by atoms with Gasteiger partial charge in [0, 0.05) is 31.2 Å². The fraction of sp³-hybridized carbons (Fsp3) is 0.548. The second kappa shape index (κ2) is 27.4. The van der Waals surface area contributed by atoms with E-state index in [0.29, 0.717) is 57.6 Å². The number of amides is 1. The number of carbonyl (C=O) groups excluding carboxylic acids is 2. The fourth-order valence-corrected chi connectivity index (χ4v) is 4.25. The zero-order valence-electron chi connectivity index (χ0n) is 25.8. The Bertz CT molecular complexity index is 1120. The molecule has 0 radical (unpaired) electrons. The van der Waals surface area contributed by atoms with Gasteiger partial charge in [0.2, 0.25) is 0 Å². The number of halogens is 4. The Morgan fingerprint density at radius 1 is 0.809 bits per heavy atom. The van der Waals surface area contributed by atoms with Crippen LogP contribution in [0.2, 0.25) is 0 Å². The molecule has 2 atom stereocenters. The van der Waals surface area contributed by atoms with Crippen molar-refractivity contribution >= 4 is 58.7 Å². The average molecular weight is 749 g/mol. The van der Waals surface area contributed by atoms with Gasteiger partial charge in [0.25, 0.3) is 0 Å². The lowest BCUT2D eigenvalue weighted by atomic mass is 10.3. The second-order valence-corrected chi connectivity index (χ2v) is 9.77. The summed E-state index contributed by atoms with van der Waals surface area (Å²) < 4.78 is 42.4. The van der Waals surface area contributed by atoms with Crippen molar-refractivity contribution in [3.8, 4) is 23.0 Å². The first-order chi connectivity index (χ1) is 21.9. The highest BCUT2D eigenvalue weighted by molar-refractivity contribution is 6.61. The molecule has 2 aliphatic heterocycles. The fourth-order valence-electron chi connectivity index (χ4n) is 3.95. The maximum absolute atomic E-state index is 11.7. The summed E-state index contributed by atoms with van der Waals surface area (Å²) in [5.74, 6) is 2.93. The normalized spacial score (nSPS) is 16.6. The quantitative estimate of drug-likeness (QED) is 0.188. The van der Waals surface area contributed by atoms with Crippen molar-refractivity contribution in [2.75, 3.05) is 78.0 Å². The summed E-state index contributed by atoms with van der Waals surface area (Å²) in [6.45, 7) is 9.83. The Hall–Kier alpha value is -2.58. The molecule has 1 N–H and O–H groups in total. The van der Waals surface area contributed by atoms with E-state index in [-0.39, 0.29) is 44.2 Å². The summed E-state index contributed by atoms with van der Waals surface area (Å²) >= 11 is 14.9. The number of para-hydroxylation sites is 4. The minimum Gasteiger partial charge on any atom is -0.490 e. The molecule has 2 fully saturated rings. The van der Waals surface area contributed by atoms with Crippen molar-refractivity contribution in [3.63, 3.8) is 0 Å². The molecule has 16 heteroatoms. The minimum atomic E-state index is -0.870. The van der Waals surface area contributed by atoms with Crippen molar-refractivity contribution in [1.29, 1.82) is 0 Å². The van der Waals surface area contributed by atoms with E-state index in [1.165, 1.54) is 0 Å². The van der Waals surface area contributed by atoms with Crippen LogP contribution in [0.3, 0.4) is 0 Å². The monoisotopic (exact) mass is 746 g/mol. The molecule has 0 bridgehead atoms. The number of hydrogen-bond donors (Lipinski definition) is 1. The van der Waals surface area contributed by atoms with Crippen LogP contribution in [0, 0.1) is 0 Å². The van der Waals surface area contributed by atoms with Crippen molar-refractivity contribution in [3.05, 3.63) is 48.5 Å². The van der Waals surface area contributed by atoms with Crippen LogP contribution < -0.4 is 24.3 Å². The minimum absolute atomic E-state index is 0. The molecular formula is C31H46Cl4N2O10. The zero-order chi connectivity index (χ0) is 32.7. The number of nitrogens with one attached hydrogen (secondary N) is 1. The van der Waals surface area contributed by atoms with Gasteiger partial charge in [0.1, 0.15) is 25.4 Å². The number of morpholine rings is 2. The average Bonchev–Trinajstić information content (AvgIpc) is 3.05. The van der Waals surface area contributed by atoms with Gasteiger partial charge in [-0.1, -0.05) is 54.9 Å². The maximum atomic E-state index is 11.7. The molecule has 268 valence electrons. The Labute approximate surface area is 298 Å². The van der Waals surface area contributed by atoms with E-state index >= 15 is 0 Å². The van der Waals surface area contributed by atoms with Crippen molar-refractivity contribution < 1.29 is 47.5 Å². The summed E-state index contributed by atoms with van der Waals surface area (Å²) in [4.78, 5) is 22.7. The molecule has 2 aliphatic rings. The molecule has 0 aromatic heterocycles. The molecule has 12 nitrogen and oxygen atoms in total. The van der Waals surface area contributed by atoms with Gasteiger partial charge in [0.05, 0.1) is 33.0 Å². The first-order valence-electron chi connectivity index (χ1n) is 14.4. The van der Waals surface area contributed by atoms with Crippen molar-refractivity contribution in [1.82, 2.24) is 10.2 Å². The molecule has 0 aliphatic carbocycles. The summed E-state index contributed by atoms with van der Waals surface area (Å²) in [5, 5.41) is 3.27. The van der Waals surface area contributed by atoms with Crippen LogP contribution in [0.25, 0.3) is 0 Å². The lowest BCUT2D eigenvalue weighted by molar-refractivity contribution is -0.0440. The van der Waals surface area contributed by atoms with Gasteiger partial charge in [-0.3, -0.25) is 0 Å². The van der Waals surface area contributed by atoms with E-state index in [0.717, 1.165) is 31.2 Å². The van der Waals surface area contributed by atoms with Crippen LogP contribution in [0.5, 0.6) is 23.0 Å². The van der Waals surface area contributed by atoms with Crippen LogP contribution in [-0.4, -0.2) is 107 Å². The molecule has 47 heavy (non-hydrogen) atoms. The maximum Gasteiger partial charge on any atom is 0.411 e. The first-order valence-corrected chi connectivity index (χ1v) is 15.8. The number of ether oxygens (including phenoxy) is 8.